The van der Waals surface area contributed by atoms with Crippen LogP contribution in [0.5, 0.6) is 5.75 Å². The fraction of sp³-hybridized carbons (Fsp3) is 0.263. The number of fused-ring (bicyclic) bond motifs is 1. The van der Waals surface area contributed by atoms with Gasteiger partial charge in [0, 0.05) is 18.3 Å². The number of sulfonamides is 1. The summed E-state index contributed by atoms with van der Waals surface area (Å²) in [5.41, 5.74) is 4.04. The van der Waals surface area contributed by atoms with E-state index < -0.39 is 10.0 Å². The van der Waals surface area contributed by atoms with Crippen molar-refractivity contribution < 1.29 is 13.2 Å². The fourth-order valence-corrected chi connectivity index (χ4v) is 4.06. The summed E-state index contributed by atoms with van der Waals surface area (Å²) in [6.45, 7) is 4.14. The summed E-state index contributed by atoms with van der Waals surface area (Å²) < 4.78 is 33.2. The average Bonchev–Trinajstić information content (AvgIpc) is 3.04. The van der Waals surface area contributed by atoms with Gasteiger partial charge in [0.25, 0.3) is 0 Å². The van der Waals surface area contributed by atoms with Gasteiger partial charge in [0.2, 0.25) is 10.0 Å². The highest BCUT2D eigenvalue weighted by atomic mass is 32.2. The zero-order valence-electron chi connectivity index (χ0n) is 14.6. The monoisotopic (exact) mass is 358 g/mol. The van der Waals surface area contributed by atoms with Gasteiger partial charge >= 0.3 is 0 Å². The van der Waals surface area contributed by atoms with E-state index in [-0.39, 0.29) is 4.90 Å². The summed E-state index contributed by atoms with van der Waals surface area (Å²) in [6, 6.07) is 11.5. The van der Waals surface area contributed by atoms with E-state index in [1.807, 2.05) is 44.3 Å². The molecule has 0 unspecified atom stereocenters. The van der Waals surface area contributed by atoms with Crippen molar-refractivity contribution in [3.63, 3.8) is 0 Å². The molecule has 0 atom stereocenters. The van der Waals surface area contributed by atoms with Crippen LogP contribution in [0.15, 0.2) is 47.5 Å². The number of methoxy groups -OCH3 is 1. The second-order valence-corrected chi connectivity index (χ2v) is 7.87. The Bertz CT molecular complexity index is 1010. The SMILES string of the molecule is COc1cc(C)c(C)cc1S(=O)(=O)NCCc1ccc2cc[nH]c2c1. The van der Waals surface area contributed by atoms with Gasteiger partial charge in [-0.05, 0) is 66.6 Å². The Labute approximate surface area is 148 Å². The lowest BCUT2D eigenvalue weighted by Gasteiger charge is -2.13. The van der Waals surface area contributed by atoms with Crippen LogP contribution in [0, 0.1) is 13.8 Å². The molecule has 0 fully saturated rings. The van der Waals surface area contributed by atoms with Crippen molar-refractivity contribution in [1.29, 1.82) is 0 Å². The van der Waals surface area contributed by atoms with Gasteiger partial charge in [-0.25, -0.2) is 13.1 Å². The third-order valence-corrected chi connectivity index (χ3v) is 5.88. The number of rotatable bonds is 6. The van der Waals surface area contributed by atoms with Crippen molar-refractivity contribution >= 4 is 20.9 Å². The Kier molecular flexibility index (Phi) is 4.83. The molecule has 3 rings (SSSR count). The lowest BCUT2D eigenvalue weighted by molar-refractivity contribution is 0.402. The molecule has 0 amide bonds. The molecule has 0 bridgehead atoms. The number of hydrogen-bond acceptors (Lipinski definition) is 3. The Morgan fingerprint density at radius 3 is 2.60 bits per heavy atom. The second kappa shape index (κ2) is 6.90. The molecule has 3 aromatic rings. The Morgan fingerprint density at radius 2 is 1.84 bits per heavy atom. The van der Waals surface area contributed by atoms with Gasteiger partial charge in [-0.15, -0.1) is 0 Å². The van der Waals surface area contributed by atoms with Crippen LogP contribution in [0.1, 0.15) is 16.7 Å². The molecule has 0 aliphatic heterocycles. The summed E-state index contributed by atoms with van der Waals surface area (Å²) in [5, 5.41) is 1.14. The van der Waals surface area contributed by atoms with Crippen LogP contribution < -0.4 is 9.46 Å². The van der Waals surface area contributed by atoms with Crippen LogP contribution in [-0.4, -0.2) is 27.1 Å². The Hall–Kier alpha value is -2.31. The molecule has 0 saturated carbocycles. The Morgan fingerprint density at radius 1 is 1.08 bits per heavy atom. The zero-order valence-corrected chi connectivity index (χ0v) is 15.4. The third-order valence-electron chi connectivity index (χ3n) is 4.39. The second-order valence-electron chi connectivity index (χ2n) is 6.13. The number of hydrogen-bond donors (Lipinski definition) is 2. The minimum Gasteiger partial charge on any atom is -0.495 e. The van der Waals surface area contributed by atoms with Gasteiger partial charge in [0.05, 0.1) is 7.11 Å². The van der Waals surface area contributed by atoms with E-state index in [2.05, 4.69) is 9.71 Å². The van der Waals surface area contributed by atoms with Gasteiger partial charge in [-0.1, -0.05) is 12.1 Å². The van der Waals surface area contributed by atoms with Gasteiger partial charge in [-0.3, -0.25) is 0 Å². The average molecular weight is 358 g/mol. The van der Waals surface area contributed by atoms with Crippen LogP contribution >= 0.6 is 0 Å². The van der Waals surface area contributed by atoms with Crippen LogP contribution in [0.25, 0.3) is 10.9 Å². The van der Waals surface area contributed by atoms with E-state index in [4.69, 9.17) is 4.74 Å². The minimum absolute atomic E-state index is 0.179. The number of benzene rings is 2. The first-order valence-corrected chi connectivity index (χ1v) is 9.60. The summed E-state index contributed by atoms with van der Waals surface area (Å²) in [4.78, 5) is 3.34. The van der Waals surface area contributed by atoms with E-state index in [1.165, 1.54) is 7.11 Å². The molecule has 132 valence electrons. The molecule has 0 radical (unpaired) electrons. The number of aromatic amines is 1. The zero-order chi connectivity index (χ0) is 18.0. The van der Waals surface area contributed by atoms with Gasteiger partial charge in [0.15, 0.2) is 0 Å². The molecular formula is C19H22N2O3S. The standard InChI is InChI=1S/C19H22N2O3S/c1-13-10-18(24-3)19(11-14(13)2)25(22,23)21-9-6-15-4-5-16-7-8-20-17(16)12-15/h4-5,7-8,10-12,20-21H,6,9H2,1-3H3. The van der Waals surface area contributed by atoms with Crippen LogP contribution in [0.2, 0.25) is 0 Å². The van der Waals surface area contributed by atoms with Gasteiger partial charge in [-0.2, -0.15) is 0 Å². The predicted octanol–water partition coefficient (Wildman–Crippen LogP) is 3.31. The van der Waals surface area contributed by atoms with Gasteiger partial charge in [0.1, 0.15) is 10.6 Å². The largest absolute Gasteiger partial charge is 0.495 e. The van der Waals surface area contributed by atoms with E-state index in [0.717, 1.165) is 27.6 Å². The molecule has 2 aromatic carbocycles. The maximum Gasteiger partial charge on any atom is 0.244 e. The van der Waals surface area contributed by atoms with E-state index in [1.54, 1.807) is 12.1 Å². The van der Waals surface area contributed by atoms with E-state index in [0.29, 0.717) is 18.7 Å². The van der Waals surface area contributed by atoms with Crippen molar-refractivity contribution in [2.24, 2.45) is 0 Å². The number of nitrogens with one attached hydrogen (secondary N) is 2. The Balaban J connectivity index is 1.74. The number of aromatic nitrogens is 1. The van der Waals surface area contributed by atoms with Crippen molar-refractivity contribution in [2.45, 2.75) is 25.2 Å². The lowest BCUT2D eigenvalue weighted by Crippen LogP contribution is -2.26. The molecule has 1 aromatic heterocycles. The maximum absolute atomic E-state index is 12.6. The number of ether oxygens (including phenoxy) is 1. The fourth-order valence-electron chi connectivity index (χ4n) is 2.79. The molecule has 25 heavy (non-hydrogen) atoms. The highest BCUT2D eigenvalue weighted by Gasteiger charge is 2.20. The molecule has 0 aliphatic carbocycles. The first-order chi connectivity index (χ1) is 11.9. The van der Waals surface area contributed by atoms with Crippen molar-refractivity contribution in [3.8, 4) is 5.75 Å². The summed E-state index contributed by atoms with van der Waals surface area (Å²) in [7, 11) is -2.15. The molecule has 0 spiro atoms. The molecular weight excluding hydrogens is 336 g/mol. The van der Waals surface area contributed by atoms with Crippen molar-refractivity contribution in [3.05, 3.63) is 59.3 Å². The first kappa shape index (κ1) is 17.5. The van der Waals surface area contributed by atoms with Gasteiger partial charge < -0.3 is 9.72 Å². The summed E-state index contributed by atoms with van der Waals surface area (Å²) >= 11 is 0. The summed E-state index contributed by atoms with van der Waals surface area (Å²) in [5.74, 6) is 0.364. The lowest BCUT2D eigenvalue weighted by atomic mass is 10.1. The van der Waals surface area contributed by atoms with Crippen molar-refractivity contribution in [1.82, 2.24) is 9.71 Å². The quantitative estimate of drug-likeness (QED) is 0.710. The highest BCUT2D eigenvalue weighted by Crippen LogP contribution is 2.27. The first-order valence-electron chi connectivity index (χ1n) is 8.11. The van der Waals surface area contributed by atoms with E-state index in [9.17, 15) is 8.42 Å². The normalized spacial score (nSPS) is 11.8. The van der Waals surface area contributed by atoms with Crippen molar-refractivity contribution in [2.75, 3.05) is 13.7 Å². The van der Waals surface area contributed by atoms with Crippen LogP contribution in [0.4, 0.5) is 0 Å². The van der Waals surface area contributed by atoms with E-state index >= 15 is 0 Å². The van der Waals surface area contributed by atoms with Crippen LogP contribution in [0.3, 0.4) is 0 Å². The molecule has 0 saturated heterocycles. The third kappa shape index (κ3) is 3.70. The number of H-pyrrole nitrogens is 1. The maximum atomic E-state index is 12.6. The topological polar surface area (TPSA) is 71.2 Å². The smallest absolute Gasteiger partial charge is 0.244 e. The minimum atomic E-state index is -3.63. The molecule has 2 N–H and O–H groups in total. The molecule has 5 nitrogen and oxygen atoms in total. The summed E-state index contributed by atoms with van der Waals surface area (Å²) in [6.07, 6.45) is 2.50. The van der Waals surface area contributed by atoms with Crippen LogP contribution in [-0.2, 0) is 16.4 Å². The molecule has 1 heterocycles. The highest BCUT2D eigenvalue weighted by molar-refractivity contribution is 7.89. The number of aryl methyl sites for hydroxylation is 2. The molecule has 6 heteroatoms. The predicted molar refractivity (Wildman–Crippen MR) is 99.7 cm³/mol. The molecule has 0 aliphatic rings.